The minimum atomic E-state index is -0.198. The molecule has 0 unspecified atom stereocenters. The summed E-state index contributed by atoms with van der Waals surface area (Å²) in [6.45, 7) is 2.02. The van der Waals surface area contributed by atoms with Crippen molar-refractivity contribution in [3.05, 3.63) is 51.9 Å². The van der Waals surface area contributed by atoms with Crippen molar-refractivity contribution in [2.45, 2.75) is 12.8 Å². The van der Waals surface area contributed by atoms with Crippen LogP contribution in [0, 0.1) is 6.92 Å². The Morgan fingerprint density at radius 1 is 1.37 bits per heavy atom. The van der Waals surface area contributed by atoms with Crippen molar-refractivity contribution in [1.82, 2.24) is 14.6 Å². The van der Waals surface area contributed by atoms with Crippen LogP contribution >= 0.6 is 22.9 Å². The third kappa shape index (κ3) is 2.27. The Morgan fingerprint density at radius 3 is 2.95 bits per heavy atom. The summed E-state index contributed by atoms with van der Waals surface area (Å²) in [5.41, 5.74) is 2.52. The number of hydrogen-bond donors (Lipinski definition) is 0. The molecule has 0 atom stereocenters. The molecule has 0 N–H and O–H groups in total. The fourth-order valence-electron chi connectivity index (χ4n) is 1.82. The van der Waals surface area contributed by atoms with E-state index in [0.717, 1.165) is 16.1 Å². The lowest BCUT2D eigenvalue weighted by atomic mass is 10.1. The van der Waals surface area contributed by atoms with Crippen LogP contribution in [0.15, 0.2) is 35.1 Å². The summed E-state index contributed by atoms with van der Waals surface area (Å²) in [5, 5.41) is 5.09. The summed E-state index contributed by atoms with van der Waals surface area (Å²) in [5.74, 6) is 0.226. The lowest BCUT2D eigenvalue weighted by Gasteiger charge is -1.95. The van der Waals surface area contributed by atoms with Gasteiger partial charge < -0.3 is 0 Å². The molecule has 0 aliphatic heterocycles. The van der Waals surface area contributed by atoms with Gasteiger partial charge in [0, 0.05) is 11.6 Å². The average Bonchev–Trinajstić information content (AvgIpc) is 2.83. The molecule has 0 saturated carbocycles. The number of alkyl halides is 1. The number of halogens is 1. The lowest BCUT2D eigenvalue weighted by molar-refractivity contribution is 0.891. The molecule has 4 nitrogen and oxygen atoms in total. The minimum Gasteiger partial charge on any atom is -0.267 e. The van der Waals surface area contributed by atoms with E-state index in [1.165, 1.54) is 21.9 Å². The van der Waals surface area contributed by atoms with Gasteiger partial charge in [-0.1, -0.05) is 35.1 Å². The van der Waals surface area contributed by atoms with Gasteiger partial charge in [0.2, 0.25) is 4.96 Å². The highest BCUT2D eigenvalue weighted by Gasteiger charge is 2.10. The molecule has 0 aliphatic carbocycles. The number of rotatable bonds is 2. The van der Waals surface area contributed by atoms with Crippen molar-refractivity contribution in [1.29, 1.82) is 0 Å². The van der Waals surface area contributed by atoms with Crippen LogP contribution in [0.2, 0.25) is 0 Å². The molecule has 3 rings (SSSR count). The van der Waals surface area contributed by atoms with Crippen molar-refractivity contribution < 1.29 is 0 Å². The molecule has 0 fully saturated rings. The molecular formula is C13H10ClN3OS. The number of benzene rings is 1. The zero-order valence-electron chi connectivity index (χ0n) is 10.1. The largest absolute Gasteiger partial charge is 0.275 e. The van der Waals surface area contributed by atoms with Gasteiger partial charge in [-0.3, -0.25) is 4.79 Å². The topological polar surface area (TPSA) is 47.3 Å². The molecule has 6 heteroatoms. The Balaban J connectivity index is 2.22. The van der Waals surface area contributed by atoms with E-state index in [2.05, 4.69) is 10.1 Å². The maximum Gasteiger partial charge on any atom is 0.275 e. The normalized spacial score (nSPS) is 11.1. The summed E-state index contributed by atoms with van der Waals surface area (Å²) in [7, 11) is 0. The highest BCUT2D eigenvalue weighted by Crippen LogP contribution is 2.24. The Hall–Kier alpha value is -1.72. The van der Waals surface area contributed by atoms with Crippen molar-refractivity contribution in [2.75, 3.05) is 0 Å². The first kappa shape index (κ1) is 12.3. The van der Waals surface area contributed by atoms with Crippen LogP contribution in [0.1, 0.15) is 11.3 Å². The maximum atomic E-state index is 11.9. The lowest BCUT2D eigenvalue weighted by Crippen LogP contribution is -2.14. The number of aromatic nitrogens is 3. The molecule has 0 spiro atoms. The smallest absolute Gasteiger partial charge is 0.267 e. The number of aryl methyl sites for hydroxylation is 1. The Labute approximate surface area is 118 Å². The summed E-state index contributed by atoms with van der Waals surface area (Å²) < 4.78 is 1.32. The van der Waals surface area contributed by atoms with E-state index in [9.17, 15) is 4.79 Å². The van der Waals surface area contributed by atoms with Crippen LogP contribution in [0.25, 0.3) is 15.5 Å². The molecule has 0 radical (unpaired) electrons. The van der Waals surface area contributed by atoms with Gasteiger partial charge in [-0.2, -0.15) is 9.61 Å². The molecule has 0 saturated heterocycles. The summed E-state index contributed by atoms with van der Waals surface area (Å²) >= 11 is 7.10. The number of nitrogens with zero attached hydrogens (tertiary/aromatic N) is 3. The van der Waals surface area contributed by atoms with Crippen LogP contribution in [0.4, 0.5) is 0 Å². The SMILES string of the molecule is Cc1cccc(-c2nn3c(=O)cc(CCl)nc3s2)c1. The fourth-order valence-corrected chi connectivity index (χ4v) is 2.88. The molecule has 0 bridgehead atoms. The Bertz CT molecular complexity index is 809. The van der Waals surface area contributed by atoms with E-state index in [4.69, 9.17) is 11.6 Å². The van der Waals surface area contributed by atoms with Crippen molar-refractivity contribution >= 4 is 27.9 Å². The minimum absolute atomic E-state index is 0.198. The molecular weight excluding hydrogens is 282 g/mol. The van der Waals surface area contributed by atoms with Crippen LogP contribution in [-0.2, 0) is 5.88 Å². The van der Waals surface area contributed by atoms with Gasteiger partial charge >= 0.3 is 0 Å². The van der Waals surface area contributed by atoms with Crippen LogP contribution in [-0.4, -0.2) is 14.6 Å². The van der Waals surface area contributed by atoms with Crippen molar-refractivity contribution in [3.8, 4) is 10.6 Å². The van der Waals surface area contributed by atoms with Crippen molar-refractivity contribution in [3.63, 3.8) is 0 Å². The van der Waals surface area contributed by atoms with E-state index >= 15 is 0 Å². The number of fused-ring (bicyclic) bond motifs is 1. The highest BCUT2D eigenvalue weighted by molar-refractivity contribution is 7.19. The zero-order chi connectivity index (χ0) is 13.4. The van der Waals surface area contributed by atoms with Crippen LogP contribution in [0.3, 0.4) is 0 Å². The molecule has 0 amide bonds. The van der Waals surface area contributed by atoms with Crippen molar-refractivity contribution in [2.24, 2.45) is 0 Å². The van der Waals surface area contributed by atoms with Gasteiger partial charge in [0.05, 0.1) is 11.6 Å². The predicted molar refractivity (Wildman–Crippen MR) is 76.9 cm³/mol. The molecule has 19 heavy (non-hydrogen) atoms. The van der Waals surface area contributed by atoms with Gasteiger partial charge in [0.25, 0.3) is 5.56 Å². The zero-order valence-corrected chi connectivity index (χ0v) is 11.7. The predicted octanol–water partition coefficient (Wildman–Crippen LogP) is 2.87. The van der Waals surface area contributed by atoms with Gasteiger partial charge in [0.1, 0.15) is 5.01 Å². The third-order valence-electron chi connectivity index (χ3n) is 2.70. The maximum absolute atomic E-state index is 11.9. The van der Waals surface area contributed by atoms with Gasteiger partial charge in [-0.05, 0) is 13.0 Å². The molecule has 96 valence electrons. The second-order valence-electron chi connectivity index (χ2n) is 4.19. The molecule has 3 aromatic rings. The second kappa shape index (κ2) is 4.75. The monoisotopic (exact) mass is 291 g/mol. The highest BCUT2D eigenvalue weighted by atomic mass is 35.5. The van der Waals surface area contributed by atoms with Crippen LogP contribution in [0.5, 0.6) is 0 Å². The van der Waals surface area contributed by atoms with E-state index in [1.807, 2.05) is 31.2 Å². The molecule has 2 aromatic heterocycles. The summed E-state index contributed by atoms with van der Waals surface area (Å²) in [6, 6.07) is 9.41. The Morgan fingerprint density at radius 2 is 2.21 bits per heavy atom. The first-order chi connectivity index (χ1) is 9.17. The summed E-state index contributed by atoms with van der Waals surface area (Å²) in [6.07, 6.45) is 0. The Kier molecular flexibility index (Phi) is 3.08. The quantitative estimate of drug-likeness (QED) is 0.682. The van der Waals surface area contributed by atoms with Gasteiger partial charge in [-0.15, -0.1) is 11.6 Å². The first-order valence-corrected chi connectivity index (χ1v) is 7.05. The summed E-state index contributed by atoms with van der Waals surface area (Å²) in [4.78, 5) is 16.8. The number of hydrogen-bond acceptors (Lipinski definition) is 4. The van der Waals surface area contributed by atoms with E-state index in [-0.39, 0.29) is 11.4 Å². The fraction of sp³-hybridized carbons (Fsp3) is 0.154. The molecule has 1 aromatic carbocycles. The average molecular weight is 292 g/mol. The van der Waals surface area contributed by atoms with E-state index in [0.29, 0.717) is 10.7 Å². The third-order valence-corrected chi connectivity index (χ3v) is 3.93. The van der Waals surface area contributed by atoms with E-state index < -0.39 is 0 Å². The van der Waals surface area contributed by atoms with E-state index in [1.54, 1.807) is 0 Å². The van der Waals surface area contributed by atoms with Gasteiger partial charge in [0.15, 0.2) is 0 Å². The van der Waals surface area contributed by atoms with Crippen LogP contribution < -0.4 is 5.56 Å². The standard InChI is InChI=1S/C13H10ClN3OS/c1-8-3-2-4-9(5-8)12-16-17-11(18)6-10(7-14)15-13(17)19-12/h2-6H,7H2,1H3. The second-order valence-corrected chi connectivity index (χ2v) is 5.41. The molecule has 2 heterocycles. The molecule has 0 aliphatic rings. The first-order valence-electron chi connectivity index (χ1n) is 5.70. The van der Waals surface area contributed by atoms with Gasteiger partial charge in [-0.25, -0.2) is 4.98 Å².